The largest absolute Gasteiger partial charge is 0.397 e. The fraction of sp³-hybridized carbons (Fsp3) is 0.200. The van der Waals surface area contributed by atoms with Gasteiger partial charge in [0, 0.05) is 19.3 Å². The number of hydrogen-bond donors (Lipinski definition) is 2. The Morgan fingerprint density at radius 1 is 1.40 bits per heavy atom. The summed E-state index contributed by atoms with van der Waals surface area (Å²) in [6.45, 7) is 0.603. The Morgan fingerprint density at radius 2 is 2.27 bits per heavy atom. The zero-order valence-electron chi connectivity index (χ0n) is 8.51. The first-order valence-electron chi connectivity index (χ1n) is 4.68. The first-order valence-corrected chi connectivity index (χ1v) is 4.68. The molecular formula is C10H13N5. The summed E-state index contributed by atoms with van der Waals surface area (Å²) >= 11 is 0. The van der Waals surface area contributed by atoms with Crippen molar-refractivity contribution in [3.05, 3.63) is 36.3 Å². The number of rotatable bonds is 3. The monoisotopic (exact) mass is 203 g/mol. The molecule has 5 heteroatoms. The highest BCUT2D eigenvalue weighted by Gasteiger charge is 2.01. The van der Waals surface area contributed by atoms with Gasteiger partial charge in [-0.3, -0.25) is 9.67 Å². The molecule has 2 rings (SSSR count). The number of nitrogens with zero attached hydrogens (tertiary/aromatic N) is 3. The number of pyridine rings is 1. The Bertz CT molecular complexity index is 449. The van der Waals surface area contributed by atoms with Crippen LogP contribution in [-0.2, 0) is 13.6 Å². The van der Waals surface area contributed by atoms with Crippen LogP contribution in [-0.4, -0.2) is 14.8 Å². The Labute approximate surface area is 87.9 Å². The topological polar surface area (TPSA) is 68.8 Å². The Balaban J connectivity index is 2.06. The molecule has 0 saturated heterocycles. The molecule has 2 heterocycles. The molecule has 0 spiro atoms. The van der Waals surface area contributed by atoms with Crippen LogP contribution in [0.5, 0.6) is 0 Å². The average Bonchev–Trinajstić information content (AvgIpc) is 2.63. The van der Waals surface area contributed by atoms with Crippen molar-refractivity contribution in [2.24, 2.45) is 7.05 Å². The lowest BCUT2D eigenvalue weighted by molar-refractivity contribution is 0.768. The molecule has 2 aromatic rings. The van der Waals surface area contributed by atoms with Gasteiger partial charge >= 0.3 is 0 Å². The summed E-state index contributed by atoms with van der Waals surface area (Å²) in [5.41, 5.74) is 7.32. The van der Waals surface area contributed by atoms with Crippen LogP contribution in [0, 0.1) is 0 Å². The standard InChI is InChI=1S/C10H13N5/c1-15-10(4-6-14-15)13-7-9-8(11)3-2-5-12-9/h2-6,13H,7,11H2,1H3. The molecule has 0 aliphatic rings. The molecule has 78 valence electrons. The molecule has 0 amide bonds. The first-order chi connectivity index (χ1) is 7.27. The van der Waals surface area contributed by atoms with E-state index in [0.29, 0.717) is 12.2 Å². The predicted molar refractivity (Wildman–Crippen MR) is 59.2 cm³/mol. The van der Waals surface area contributed by atoms with Crippen molar-refractivity contribution in [1.82, 2.24) is 14.8 Å². The molecule has 0 fully saturated rings. The lowest BCUT2D eigenvalue weighted by atomic mass is 10.3. The van der Waals surface area contributed by atoms with Crippen LogP contribution in [0.3, 0.4) is 0 Å². The summed E-state index contributed by atoms with van der Waals surface area (Å²) in [4.78, 5) is 4.19. The van der Waals surface area contributed by atoms with E-state index in [0.717, 1.165) is 11.5 Å². The van der Waals surface area contributed by atoms with Crippen LogP contribution in [0.4, 0.5) is 11.5 Å². The van der Waals surface area contributed by atoms with Gasteiger partial charge in [0.25, 0.3) is 0 Å². The van der Waals surface area contributed by atoms with E-state index in [4.69, 9.17) is 5.73 Å². The van der Waals surface area contributed by atoms with E-state index in [9.17, 15) is 0 Å². The molecular weight excluding hydrogens is 190 g/mol. The van der Waals surface area contributed by atoms with Gasteiger partial charge in [-0.05, 0) is 12.1 Å². The fourth-order valence-electron chi connectivity index (χ4n) is 1.32. The number of aryl methyl sites for hydroxylation is 1. The molecule has 0 aliphatic heterocycles. The maximum absolute atomic E-state index is 5.77. The highest BCUT2D eigenvalue weighted by Crippen LogP contribution is 2.10. The number of anilines is 2. The average molecular weight is 203 g/mol. The van der Waals surface area contributed by atoms with Crippen LogP contribution in [0.1, 0.15) is 5.69 Å². The molecule has 0 unspecified atom stereocenters. The van der Waals surface area contributed by atoms with E-state index >= 15 is 0 Å². The number of aromatic nitrogens is 3. The molecule has 0 bridgehead atoms. The molecule has 0 saturated carbocycles. The van der Waals surface area contributed by atoms with Crippen molar-refractivity contribution in [1.29, 1.82) is 0 Å². The van der Waals surface area contributed by atoms with Crippen LogP contribution >= 0.6 is 0 Å². The fourth-order valence-corrected chi connectivity index (χ4v) is 1.32. The predicted octanol–water partition coefficient (Wildman–Crippen LogP) is 1.01. The zero-order valence-corrected chi connectivity index (χ0v) is 8.51. The van der Waals surface area contributed by atoms with Crippen LogP contribution in [0.2, 0.25) is 0 Å². The lowest BCUT2D eigenvalue weighted by Gasteiger charge is -2.07. The van der Waals surface area contributed by atoms with Gasteiger partial charge < -0.3 is 11.1 Å². The minimum Gasteiger partial charge on any atom is -0.397 e. The first kappa shape index (κ1) is 9.51. The summed E-state index contributed by atoms with van der Waals surface area (Å²) in [6, 6.07) is 5.56. The van der Waals surface area contributed by atoms with E-state index < -0.39 is 0 Å². The maximum Gasteiger partial charge on any atom is 0.124 e. The summed E-state index contributed by atoms with van der Waals surface area (Å²) in [7, 11) is 1.88. The number of hydrogen-bond acceptors (Lipinski definition) is 4. The molecule has 0 atom stereocenters. The summed E-state index contributed by atoms with van der Waals surface area (Å²) < 4.78 is 1.76. The van der Waals surface area contributed by atoms with Crippen LogP contribution < -0.4 is 11.1 Å². The summed E-state index contributed by atoms with van der Waals surface area (Å²) in [6.07, 6.45) is 3.47. The minimum atomic E-state index is 0.603. The summed E-state index contributed by atoms with van der Waals surface area (Å²) in [5, 5.41) is 7.26. The second kappa shape index (κ2) is 4.00. The second-order valence-corrected chi connectivity index (χ2v) is 3.23. The van der Waals surface area contributed by atoms with Crippen molar-refractivity contribution < 1.29 is 0 Å². The molecule has 0 aliphatic carbocycles. The van der Waals surface area contributed by atoms with Gasteiger partial charge in [0.2, 0.25) is 0 Å². The van der Waals surface area contributed by atoms with Crippen molar-refractivity contribution >= 4 is 11.5 Å². The molecule has 2 aromatic heterocycles. The van der Waals surface area contributed by atoms with Gasteiger partial charge in [-0.1, -0.05) is 0 Å². The number of nitrogens with two attached hydrogens (primary N) is 1. The third-order valence-electron chi connectivity index (χ3n) is 2.18. The van der Waals surface area contributed by atoms with Crippen LogP contribution in [0.15, 0.2) is 30.6 Å². The van der Waals surface area contributed by atoms with E-state index in [1.165, 1.54) is 0 Å². The van der Waals surface area contributed by atoms with Gasteiger partial charge in [0.15, 0.2) is 0 Å². The molecule has 3 N–H and O–H groups in total. The smallest absolute Gasteiger partial charge is 0.124 e. The van der Waals surface area contributed by atoms with Gasteiger partial charge in [-0.2, -0.15) is 5.10 Å². The van der Waals surface area contributed by atoms with Crippen molar-refractivity contribution in [2.75, 3.05) is 11.1 Å². The highest BCUT2D eigenvalue weighted by atomic mass is 15.3. The maximum atomic E-state index is 5.77. The van der Waals surface area contributed by atoms with E-state index in [-0.39, 0.29) is 0 Å². The third-order valence-corrected chi connectivity index (χ3v) is 2.18. The normalized spacial score (nSPS) is 10.2. The SMILES string of the molecule is Cn1nccc1NCc1ncccc1N. The number of nitrogen functional groups attached to an aromatic ring is 1. The van der Waals surface area contributed by atoms with Gasteiger partial charge in [-0.25, -0.2) is 0 Å². The van der Waals surface area contributed by atoms with Gasteiger partial charge in [-0.15, -0.1) is 0 Å². The molecule has 0 radical (unpaired) electrons. The Hall–Kier alpha value is -2.04. The third kappa shape index (κ3) is 2.07. The Morgan fingerprint density at radius 3 is 2.93 bits per heavy atom. The van der Waals surface area contributed by atoms with Gasteiger partial charge in [0.1, 0.15) is 5.82 Å². The van der Waals surface area contributed by atoms with Crippen molar-refractivity contribution in [3.8, 4) is 0 Å². The van der Waals surface area contributed by atoms with Crippen LogP contribution in [0.25, 0.3) is 0 Å². The number of nitrogens with one attached hydrogen (secondary N) is 1. The lowest BCUT2D eigenvalue weighted by Crippen LogP contribution is -2.07. The quantitative estimate of drug-likeness (QED) is 0.781. The molecule has 5 nitrogen and oxygen atoms in total. The molecule has 0 aromatic carbocycles. The van der Waals surface area contributed by atoms with E-state index in [1.54, 1.807) is 17.1 Å². The van der Waals surface area contributed by atoms with E-state index in [1.807, 2.05) is 25.2 Å². The summed E-state index contributed by atoms with van der Waals surface area (Å²) in [5.74, 6) is 0.944. The Kier molecular flexibility index (Phi) is 2.53. The van der Waals surface area contributed by atoms with Gasteiger partial charge in [0.05, 0.1) is 24.1 Å². The second-order valence-electron chi connectivity index (χ2n) is 3.23. The van der Waals surface area contributed by atoms with E-state index in [2.05, 4.69) is 15.4 Å². The minimum absolute atomic E-state index is 0.603. The van der Waals surface area contributed by atoms with Crippen molar-refractivity contribution in [2.45, 2.75) is 6.54 Å². The zero-order chi connectivity index (χ0) is 10.7. The highest BCUT2D eigenvalue weighted by molar-refractivity contribution is 5.44. The molecule has 15 heavy (non-hydrogen) atoms. The van der Waals surface area contributed by atoms with Crippen molar-refractivity contribution in [3.63, 3.8) is 0 Å².